The van der Waals surface area contributed by atoms with E-state index in [-0.39, 0.29) is 17.5 Å². The van der Waals surface area contributed by atoms with Crippen LogP contribution in [0.1, 0.15) is 13.3 Å². The highest BCUT2D eigenvalue weighted by Gasteiger charge is 2.23. The first-order valence-electron chi connectivity index (χ1n) is 5.17. The molecule has 1 heterocycles. The van der Waals surface area contributed by atoms with Crippen LogP contribution in [0, 0.1) is 0 Å². The molecule has 1 aliphatic rings. The van der Waals surface area contributed by atoms with E-state index in [0.717, 1.165) is 0 Å². The summed E-state index contributed by atoms with van der Waals surface area (Å²) in [6.07, 6.45) is 0.547. The van der Waals surface area contributed by atoms with Crippen molar-refractivity contribution in [1.29, 1.82) is 0 Å². The number of carbonyl (C=O) groups excluding carboxylic acids is 1. The minimum atomic E-state index is -2.93. The third kappa shape index (κ3) is 3.37. The maximum atomic E-state index is 11.7. The van der Waals surface area contributed by atoms with Crippen LogP contribution in [0.2, 0.25) is 0 Å². The van der Waals surface area contributed by atoms with Gasteiger partial charge < -0.3 is 9.80 Å². The molecule has 88 valence electrons. The van der Waals surface area contributed by atoms with Gasteiger partial charge in [0.05, 0.1) is 11.5 Å². The van der Waals surface area contributed by atoms with E-state index in [2.05, 4.69) is 0 Å². The molecule has 0 aromatic heterocycles. The summed E-state index contributed by atoms with van der Waals surface area (Å²) in [5, 5.41) is 0. The molecular formula is C9H18N2O3S. The van der Waals surface area contributed by atoms with Crippen LogP contribution in [0.25, 0.3) is 0 Å². The summed E-state index contributed by atoms with van der Waals surface area (Å²) in [6, 6.07) is -0.0744. The number of hydrogen-bond donors (Lipinski definition) is 0. The molecule has 0 bridgehead atoms. The second-order valence-corrected chi connectivity index (χ2v) is 6.09. The first kappa shape index (κ1) is 12.3. The highest BCUT2D eigenvalue weighted by atomic mass is 32.2. The Bertz CT molecular complexity index is 326. The molecular weight excluding hydrogens is 216 g/mol. The van der Waals surface area contributed by atoms with Gasteiger partial charge in [-0.15, -0.1) is 0 Å². The molecule has 0 spiro atoms. The summed E-state index contributed by atoms with van der Waals surface area (Å²) in [6.45, 7) is 3.41. The Kier molecular flexibility index (Phi) is 3.96. The number of carbonyl (C=O) groups is 1. The van der Waals surface area contributed by atoms with Crippen LogP contribution >= 0.6 is 0 Å². The predicted molar refractivity (Wildman–Crippen MR) is 58.5 cm³/mol. The van der Waals surface area contributed by atoms with Gasteiger partial charge in [-0.2, -0.15) is 0 Å². The lowest BCUT2D eigenvalue weighted by Crippen LogP contribution is -2.42. The molecule has 0 aromatic rings. The molecule has 15 heavy (non-hydrogen) atoms. The molecule has 5 nitrogen and oxygen atoms in total. The molecule has 1 saturated heterocycles. The van der Waals surface area contributed by atoms with Crippen LogP contribution in [0.3, 0.4) is 0 Å². The van der Waals surface area contributed by atoms with E-state index in [0.29, 0.717) is 26.1 Å². The monoisotopic (exact) mass is 234 g/mol. The van der Waals surface area contributed by atoms with Crippen LogP contribution in [0.5, 0.6) is 0 Å². The fourth-order valence-electron chi connectivity index (χ4n) is 1.51. The fourth-order valence-corrected chi connectivity index (χ4v) is 2.78. The second kappa shape index (κ2) is 4.83. The van der Waals surface area contributed by atoms with E-state index in [1.54, 1.807) is 16.8 Å². The molecule has 6 heteroatoms. The SMILES string of the molecule is CCN(C)C(=O)N1CCCS(=O)(=O)CC1. The number of hydrogen-bond acceptors (Lipinski definition) is 3. The Morgan fingerprint density at radius 2 is 2.00 bits per heavy atom. The largest absolute Gasteiger partial charge is 0.328 e. The summed E-state index contributed by atoms with van der Waals surface area (Å²) >= 11 is 0. The van der Waals surface area contributed by atoms with Gasteiger partial charge in [0, 0.05) is 26.7 Å². The summed E-state index contributed by atoms with van der Waals surface area (Å²) in [5.74, 6) is 0.295. The van der Waals surface area contributed by atoms with E-state index < -0.39 is 9.84 Å². The van der Waals surface area contributed by atoms with E-state index in [4.69, 9.17) is 0 Å². The number of rotatable bonds is 1. The quantitative estimate of drug-likeness (QED) is 0.650. The molecule has 0 aromatic carbocycles. The summed E-state index contributed by atoms with van der Waals surface area (Å²) < 4.78 is 22.7. The molecule has 0 radical (unpaired) electrons. The zero-order valence-corrected chi connectivity index (χ0v) is 10.1. The standard InChI is InChI=1S/C9H18N2O3S/c1-3-10(2)9(12)11-5-4-7-15(13,14)8-6-11/h3-8H2,1-2H3. The van der Waals surface area contributed by atoms with E-state index >= 15 is 0 Å². The third-order valence-corrected chi connectivity index (χ3v) is 4.34. The van der Waals surface area contributed by atoms with Gasteiger partial charge in [-0.1, -0.05) is 0 Å². The minimum absolute atomic E-state index is 0.0744. The van der Waals surface area contributed by atoms with Gasteiger partial charge in [-0.3, -0.25) is 0 Å². The first-order valence-corrected chi connectivity index (χ1v) is 6.99. The normalized spacial score (nSPS) is 20.8. The van der Waals surface area contributed by atoms with Crippen molar-refractivity contribution in [1.82, 2.24) is 9.80 Å². The van der Waals surface area contributed by atoms with Crippen molar-refractivity contribution >= 4 is 15.9 Å². The number of amides is 2. The summed E-state index contributed by atoms with van der Waals surface area (Å²) in [7, 11) is -1.21. The van der Waals surface area contributed by atoms with Gasteiger partial charge in [0.1, 0.15) is 0 Å². The average molecular weight is 234 g/mol. The Labute approximate surface area is 91.0 Å². The second-order valence-electron chi connectivity index (χ2n) is 3.79. The molecule has 0 aliphatic carbocycles. The van der Waals surface area contributed by atoms with Gasteiger partial charge in [-0.25, -0.2) is 13.2 Å². The lowest BCUT2D eigenvalue weighted by atomic mass is 10.4. The molecule has 1 rings (SSSR count). The molecule has 2 amide bonds. The topological polar surface area (TPSA) is 57.7 Å². The Balaban J connectivity index is 2.62. The fraction of sp³-hybridized carbons (Fsp3) is 0.889. The summed E-state index contributed by atoms with van der Waals surface area (Å²) in [4.78, 5) is 15.0. The Hall–Kier alpha value is -0.780. The molecule has 0 saturated carbocycles. The zero-order chi connectivity index (χ0) is 11.5. The van der Waals surface area contributed by atoms with Gasteiger partial charge >= 0.3 is 6.03 Å². The molecule has 1 fully saturated rings. The van der Waals surface area contributed by atoms with Gasteiger partial charge in [0.25, 0.3) is 0 Å². The third-order valence-electron chi connectivity index (χ3n) is 2.63. The number of urea groups is 1. The van der Waals surface area contributed by atoms with Crippen molar-refractivity contribution in [3.63, 3.8) is 0 Å². The maximum Gasteiger partial charge on any atom is 0.319 e. The van der Waals surface area contributed by atoms with Crippen LogP contribution in [0.4, 0.5) is 4.79 Å². The highest BCUT2D eigenvalue weighted by Crippen LogP contribution is 2.07. The van der Waals surface area contributed by atoms with Gasteiger partial charge in [0.2, 0.25) is 0 Å². The molecule has 0 atom stereocenters. The van der Waals surface area contributed by atoms with Crippen molar-refractivity contribution in [2.45, 2.75) is 13.3 Å². The lowest BCUT2D eigenvalue weighted by Gasteiger charge is -2.25. The van der Waals surface area contributed by atoms with E-state index in [1.165, 1.54) is 0 Å². The first-order chi connectivity index (χ1) is 6.96. The van der Waals surface area contributed by atoms with Crippen molar-refractivity contribution in [2.24, 2.45) is 0 Å². The van der Waals surface area contributed by atoms with Gasteiger partial charge in [0.15, 0.2) is 9.84 Å². The van der Waals surface area contributed by atoms with Crippen molar-refractivity contribution in [3.8, 4) is 0 Å². The smallest absolute Gasteiger partial charge is 0.319 e. The summed E-state index contributed by atoms with van der Waals surface area (Å²) in [5.41, 5.74) is 0. The van der Waals surface area contributed by atoms with Crippen molar-refractivity contribution in [3.05, 3.63) is 0 Å². The van der Waals surface area contributed by atoms with Crippen molar-refractivity contribution in [2.75, 3.05) is 38.2 Å². The lowest BCUT2D eigenvalue weighted by molar-refractivity contribution is 0.168. The van der Waals surface area contributed by atoms with Crippen LogP contribution < -0.4 is 0 Å². The van der Waals surface area contributed by atoms with E-state index in [9.17, 15) is 13.2 Å². The zero-order valence-electron chi connectivity index (χ0n) is 9.27. The Morgan fingerprint density at radius 1 is 1.33 bits per heavy atom. The number of sulfone groups is 1. The van der Waals surface area contributed by atoms with E-state index in [1.807, 2.05) is 6.92 Å². The number of nitrogens with zero attached hydrogens (tertiary/aromatic N) is 2. The predicted octanol–water partition coefficient (Wildman–Crippen LogP) is 0.179. The Morgan fingerprint density at radius 3 is 2.60 bits per heavy atom. The maximum absolute atomic E-state index is 11.7. The minimum Gasteiger partial charge on any atom is -0.328 e. The average Bonchev–Trinajstić information content (AvgIpc) is 2.37. The van der Waals surface area contributed by atoms with Crippen LogP contribution in [0.15, 0.2) is 0 Å². The van der Waals surface area contributed by atoms with Crippen molar-refractivity contribution < 1.29 is 13.2 Å². The molecule has 0 N–H and O–H groups in total. The highest BCUT2D eigenvalue weighted by molar-refractivity contribution is 7.91. The van der Waals surface area contributed by atoms with Crippen LogP contribution in [-0.4, -0.2) is 62.4 Å². The molecule has 1 aliphatic heterocycles. The van der Waals surface area contributed by atoms with Crippen LogP contribution in [-0.2, 0) is 9.84 Å². The van der Waals surface area contributed by atoms with Gasteiger partial charge in [-0.05, 0) is 13.3 Å². The molecule has 0 unspecified atom stereocenters.